The highest BCUT2D eigenvalue weighted by molar-refractivity contribution is 5.73. The third-order valence-corrected chi connectivity index (χ3v) is 3.36. The second kappa shape index (κ2) is 6.57. The molecule has 0 atom stereocenters. The molecule has 0 aliphatic heterocycles. The Labute approximate surface area is 126 Å². The summed E-state index contributed by atoms with van der Waals surface area (Å²) in [7, 11) is 1.89. The van der Waals surface area contributed by atoms with Gasteiger partial charge in [0.1, 0.15) is 17.4 Å². The van der Waals surface area contributed by atoms with E-state index in [4.69, 9.17) is 9.72 Å². The van der Waals surface area contributed by atoms with Crippen molar-refractivity contribution in [3.05, 3.63) is 35.7 Å². The maximum Gasteiger partial charge on any atom is 0.133 e. The highest BCUT2D eigenvalue weighted by Gasteiger charge is 2.16. The molecule has 0 saturated heterocycles. The molecule has 1 N–H and O–H groups in total. The van der Waals surface area contributed by atoms with Crippen molar-refractivity contribution in [1.29, 1.82) is 0 Å². The van der Waals surface area contributed by atoms with Crippen LogP contribution in [0.4, 0.5) is 5.82 Å². The summed E-state index contributed by atoms with van der Waals surface area (Å²) in [5, 5.41) is 3.16. The van der Waals surface area contributed by atoms with Gasteiger partial charge in [-0.15, -0.1) is 0 Å². The molecule has 4 heteroatoms. The average Bonchev–Trinajstić information content (AvgIpc) is 2.48. The van der Waals surface area contributed by atoms with Gasteiger partial charge in [0.15, 0.2) is 0 Å². The van der Waals surface area contributed by atoms with Gasteiger partial charge in [-0.3, -0.25) is 0 Å². The van der Waals surface area contributed by atoms with Crippen molar-refractivity contribution in [3.63, 3.8) is 0 Å². The van der Waals surface area contributed by atoms with Crippen molar-refractivity contribution in [2.24, 2.45) is 0 Å². The van der Waals surface area contributed by atoms with E-state index in [1.54, 1.807) is 0 Å². The molecule has 0 bridgehead atoms. The molecule has 2 aromatic rings. The third-order valence-electron chi connectivity index (χ3n) is 3.36. The topological polar surface area (TPSA) is 47.0 Å². The lowest BCUT2D eigenvalue weighted by molar-refractivity contribution is 0.341. The third kappa shape index (κ3) is 3.15. The van der Waals surface area contributed by atoms with E-state index in [1.807, 2.05) is 45.2 Å². The van der Waals surface area contributed by atoms with Crippen LogP contribution in [-0.4, -0.2) is 23.6 Å². The molecule has 1 aromatic carbocycles. The van der Waals surface area contributed by atoms with E-state index >= 15 is 0 Å². The summed E-state index contributed by atoms with van der Waals surface area (Å²) in [5.74, 6) is 2.84. The Bertz CT molecular complexity index is 623. The molecular formula is C17H23N3O. The van der Waals surface area contributed by atoms with Crippen LogP contribution in [0.1, 0.15) is 38.1 Å². The van der Waals surface area contributed by atoms with Gasteiger partial charge in [-0.05, 0) is 26.0 Å². The number of aromatic nitrogens is 2. The van der Waals surface area contributed by atoms with Crippen LogP contribution in [0, 0.1) is 6.92 Å². The molecular weight excluding hydrogens is 262 g/mol. The molecule has 1 aromatic heterocycles. The number of hydrogen-bond acceptors (Lipinski definition) is 4. The Morgan fingerprint density at radius 3 is 2.52 bits per heavy atom. The van der Waals surface area contributed by atoms with E-state index in [0.29, 0.717) is 6.61 Å². The number of nitrogens with zero attached hydrogens (tertiary/aromatic N) is 2. The monoisotopic (exact) mass is 285 g/mol. The SMILES string of the molecule is CCOc1ccccc1-c1nc(C(C)C)nc(NC)c1C. The number of para-hydroxylation sites is 1. The summed E-state index contributed by atoms with van der Waals surface area (Å²) in [6.45, 7) is 8.86. The van der Waals surface area contributed by atoms with E-state index < -0.39 is 0 Å². The van der Waals surface area contributed by atoms with Gasteiger partial charge >= 0.3 is 0 Å². The normalized spacial score (nSPS) is 10.8. The summed E-state index contributed by atoms with van der Waals surface area (Å²) >= 11 is 0. The lowest BCUT2D eigenvalue weighted by Crippen LogP contribution is -2.07. The Balaban J connectivity index is 2.65. The van der Waals surface area contributed by atoms with Crippen LogP contribution < -0.4 is 10.1 Å². The zero-order chi connectivity index (χ0) is 15.4. The summed E-state index contributed by atoms with van der Waals surface area (Å²) < 4.78 is 5.74. The Morgan fingerprint density at radius 2 is 1.90 bits per heavy atom. The van der Waals surface area contributed by atoms with Gasteiger partial charge in [0.05, 0.1) is 12.3 Å². The zero-order valence-electron chi connectivity index (χ0n) is 13.4. The Morgan fingerprint density at radius 1 is 1.19 bits per heavy atom. The number of ether oxygens (including phenoxy) is 1. The fourth-order valence-corrected chi connectivity index (χ4v) is 2.24. The summed E-state index contributed by atoms with van der Waals surface area (Å²) in [6, 6.07) is 8.01. The molecule has 0 radical (unpaired) electrons. The van der Waals surface area contributed by atoms with Crippen molar-refractivity contribution in [3.8, 4) is 17.0 Å². The first-order chi connectivity index (χ1) is 10.1. The fraction of sp³-hybridized carbons (Fsp3) is 0.412. The zero-order valence-corrected chi connectivity index (χ0v) is 13.4. The summed E-state index contributed by atoms with van der Waals surface area (Å²) in [6.07, 6.45) is 0. The Kier molecular flexibility index (Phi) is 4.78. The van der Waals surface area contributed by atoms with Crippen LogP contribution in [-0.2, 0) is 0 Å². The van der Waals surface area contributed by atoms with E-state index in [0.717, 1.165) is 34.2 Å². The second-order valence-corrected chi connectivity index (χ2v) is 5.24. The van der Waals surface area contributed by atoms with Crippen LogP contribution >= 0.6 is 0 Å². The largest absolute Gasteiger partial charge is 0.493 e. The van der Waals surface area contributed by atoms with Gasteiger partial charge in [-0.1, -0.05) is 26.0 Å². The minimum absolute atomic E-state index is 0.274. The first-order valence-corrected chi connectivity index (χ1v) is 7.37. The van der Waals surface area contributed by atoms with Crippen LogP contribution in [0.2, 0.25) is 0 Å². The van der Waals surface area contributed by atoms with Crippen LogP contribution in [0.25, 0.3) is 11.3 Å². The van der Waals surface area contributed by atoms with Crippen LogP contribution in [0.5, 0.6) is 5.75 Å². The van der Waals surface area contributed by atoms with Gasteiger partial charge in [0.25, 0.3) is 0 Å². The highest BCUT2D eigenvalue weighted by atomic mass is 16.5. The molecule has 0 unspecified atom stereocenters. The molecule has 1 heterocycles. The molecule has 0 aliphatic carbocycles. The molecule has 2 rings (SSSR count). The van der Waals surface area contributed by atoms with Crippen molar-refractivity contribution >= 4 is 5.82 Å². The minimum Gasteiger partial charge on any atom is -0.493 e. The molecule has 0 saturated carbocycles. The fourth-order valence-electron chi connectivity index (χ4n) is 2.24. The predicted octanol–water partition coefficient (Wildman–Crippen LogP) is 4.02. The molecule has 112 valence electrons. The Hall–Kier alpha value is -2.10. The first kappa shape index (κ1) is 15.3. The standard InChI is InChI=1S/C17H23N3O/c1-6-21-14-10-8-7-9-13(14)15-12(4)17(18-5)20-16(19-15)11(2)3/h7-11H,6H2,1-5H3,(H,18,19,20). The number of hydrogen-bond donors (Lipinski definition) is 1. The van der Waals surface area contributed by atoms with Crippen LogP contribution in [0.15, 0.2) is 24.3 Å². The predicted molar refractivity (Wildman–Crippen MR) is 87.0 cm³/mol. The van der Waals surface area contributed by atoms with E-state index in [9.17, 15) is 0 Å². The number of nitrogens with one attached hydrogen (secondary N) is 1. The van der Waals surface area contributed by atoms with E-state index in [-0.39, 0.29) is 5.92 Å². The van der Waals surface area contributed by atoms with Gasteiger partial charge < -0.3 is 10.1 Å². The van der Waals surface area contributed by atoms with Crippen molar-refractivity contribution in [2.45, 2.75) is 33.6 Å². The summed E-state index contributed by atoms with van der Waals surface area (Å²) in [4.78, 5) is 9.35. The molecule has 0 aliphatic rings. The lowest BCUT2D eigenvalue weighted by Gasteiger charge is -2.16. The maximum absolute atomic E-state index is 5.74. The highest BCUT2D eigenvalue weighted by Crippen LogP contribution is 2.33. The molecule has 0 fully saturated rings. The number of anilines is 1. The van der Waals surface area contributed by atoms with Crippen molar-refractivity contribution < 1.29 is 4.74 Å². The smallest absolute Gasteiger partial charge is 0.133 e. The van der Waals surface area contributed by atoms with Gasteiger partial charge in [-0.2, -0.15) is 0 Å². The second-order valence-electron chi connectivity index (χ2n) is 5.24. The van der Waals surface area contributed by atoms with Crippen LogP contribution in [0.3, 0.4) is 0 Å². The molecule has 4 nitrogen and oxygen atoms in total. The molecule has 21 heavy (non-hydrogen) atoms. The summed E-state index contributed by atoms with van der Waals surface area (Å²) in [5.41, 5.74) is 2.98. The van der Waals surface area contributed by atoms with Gasteiger partial charge in [0, 0.05) is 24.1 Å². The lowest BCUT2D eigenvalue weighted by atomic mass is 10.0. The van der Waals surface area contributed by atoms with E-state index in [2.05, 4.69) is 24.1 Å². The number of rotatable bonds is 5. The van der Waals surface area contributed by atoms with Gasteiger partial charge in [-0.25, -0.2) is 9.97 Å². The minimum atomic E-state index is 0.274. The number of benzene rings is 1. The quantitative estimate of drug-likeness (QED) is 0.901. The molecule has 0 spiro atoms. The van der Waals surface area contributed by atoms with Crippen molar-refractivity contribution in [1.82, 2.24) is 9.97 Å². The van der Waals surface area contributed by atoms with E-state index in [1.165, 1.54) is 0 Å². The van der Waals surface area contributed by atoms with Gasteiger partial charge in [0.2, 0.25) is 0 Å². The van der Waals surface area contributed by atoms with Crippen molar-refractivity contribution in [2.75, 3.05) is 19.0 Å². The first-order valence-electron chi connectivity index (χ1n) is 7.37. The average molecular weight is 285 g/mol. The molecule has 0 amide bonds. The maximum atomic E-state index is 5.74.